The highest BCUT2D eigenvalue weighted by atomic mass is 16.5. The first-order chi connectivity index (χ1) is 17.3. The second-order valence-corrected chi connectivity index (χ2v) is 9.49. The first-order valence-electron chi connectivity index (χ1n) is 12.5. The Labute approximate surface area is 214 Å². The Morgan fingerprint density at radius 2 is 1.92 bits per heavy atom. The fraction of sp³-hybridized carbons (Fsp3) is 0.500. The molecule has 0 fully saturated rings. The third kappa shape index (κ3) is 6.77. The average molecular weight is 498 g/mol. The summed E-state index contributed by atoms with van der Waals surface area (Å²) in [5.74, 6) is 0.846. The molecule has 1 aliphatic heterocycles. The van der Waals surface area contributed by atoms with Gasteiger partial charge in [-0.05, 0) is 62.2 Å². The van der Waals surface area contributed by atoms with E-state index in [-0.39, 0.29) is 29.9 Å². The number of amides is 2. The van der Waals surface area contributed by atoms with Crippen LogP contribution in [-0.2, 0) is 4.74 Å². The number of anilines is 1. The zero-order valence-electron chi connectivity index (χ0n) is 22.2. The van der Waals surface area contributed by atoms with E-state index in [1.807, 2.05) is 0 Å². The van der Waals surface area contributed by atoms with Crippen LogP contribution in [-0.4, -0.2) is 81.3 Å². The fourth-order valence-electron chi connectivity index (χ4n) is 4.50. The summed E-state index contributed by atoms with van der Waals surface area (Å²) in [6.07, 6.45) is 0.935. The number of carbonyl (C=O) groups is 2. The zero-order chi connectivity index (χ0) is 26.2. The number of benzene rings is 2. The largest absolute Gasteiger partial charge is 0.497 e. The lowest BCUT2D eigenvalue weighted by molar-refractivity contribution is 0.0108. The van der Waals surface area contributed by atoms with Crippen LogP contribution in [0.25, 0.3) is 0 Å². The van der Waals surface area contributed by atoms with Crippen molar-refractivity contribution in [2.24, 2.45) is 5.92 Å². The van der Waals surface area contributed by atoms with Gasteiger partial charge in [0.05, 0.1) is 18.8 Å². The molecule has 2 aromatic carbocycles. The molecule has 2 aromatic rings. The SMILES string of the molecule is CCCN1C[C@@H](C)[C@H](OC)CN(C)C(=O)c2cc(NC(=O)c3cccc(OC)c3)ccc2OC[C@@H]1C. The van der Waals surface area contributed by atoms with Gasteiger partial charge in [-0.15, -0.1) is 0 Å². The number of fused-ring (bicyclic) bond motifs is 1. The van der Waals surface area contributed by atoms with E-state index in [1.165, 1.54) is 0 Å². The normalized spacial score (nSPS) is 21.6. The van der Waals surface area contributed by atoms with Crippen molar-refractivity contribution in [3.8, 4) is 11.5 Å². The van der Waals surface area contributed by atoms with Gasteiger partial charge in [0, 0.05) is 44.5 Å². The number of rotatable bonds is 6. The van der Waals surface area contributed by atoms with Gasteiger partial charge in [-0.25, -0.2) is 0 Å². The summed E-state index contributed by atoms with van der Waals surface area (Å²) in [5, 5.41) is 2.89. The van der Waals surface area contributed by atoms with Crippen LogP contribution >= 0.6 is 0 Å². The molecule has 36 heavy (non-hydrogen) atoms. The van der Waals surface area contributed by atoms with Crippen molar-refractivity contribution in [1.29, 1.82) is 0 Å². The zero-order valence-corrected chi connectivity index (χ0v) is 22.2. The van der Waals surface area contributed by atoms with Crippen LogP contribution in [0.4, 0.5) is 5.69 Å². The fourth-order valence-corrected chi connectivity index (χ4v) is 4.50. The Hall–Kier alpha value is -3.10. The monoisotopic (exact) mass is 497 g/mol. The topological polar surface area (TPSA) is 80.3 Å². The Balaban J connectivity index is 1.91. The lowest BCUT2D eigenvalue weighted by atomic mass is 10.0. The summed E-state index contributed by atoms with van der Waals surface area (Å²) in [4.78, 5) is 30.4. The van der Waals surface area contributed by atoms with E-state index in [0.29, 0.717) is 41.5 Å². The minimum absolute atomic E-state index is 0.106. The van der Waals surface area contributed by atoms with E-state index in [0.717, 1.165) is 19.5 Å². The number of hydrogen-bond donors (Lipinski definition) is 1. The number of nitrogens with one attached hydrogen (secondary N) is 1. The molecule has 8 nitrogen and oxygen atoms in total. The summed E-state index contributed by atoms with van der Waals surface area (Å²) < 4.78 is 17.2. The Bertz CT molecular complexity index is 1040. The van der Waals surface area contributed by atoms with E-state index < -0.39 is 0 Å². The van der Waals surface area contributed by atoms with Gasteiger partial charge in [-0.2, -0.15) is 0 Å². The number of nitrogens with zero attached hydrogens (tertiary/aromatic N) is 2. The number of carbonyl (C=O) groups excluding carboxylic acids is 2. The summed E-state index contributed by atoms with van der Waals surface area (Å²) in [6, 6.07) is 12.3. The molecule has 1 heterocycles. The summed E-state index contributed by atoms with van der Waals surface area (Å²) in [7, 11) is 5.02. The quantitative estimate of drug-likeness (QED) is 0.646. The van der Waals surface area contributed by atoms with Crippen molar-refractivity contribution in [2.45, 2.75) is 39.3 Å². The molecule has 3 atom stereocenters. The molecule has 1 N–H and O–H groups in total. The van der Waals surface area contributed by atoms with Gasteiger partial charge in [0.15, 0.2) is 0 Å². The van der Waals surface area contributed by atoms with Crippen molar-refractivity contribution < 1.29 is 23.8 Å². The van der Waals surface area contributed by atoms with Crippen LogP contribution in [0.1, 0.15) is 47.9 Å². The molecular formula is C28H39N3O5. The molecule has 3 rings (SSSR count). The predicted octanol–water partition coefficient (Wildman–Crippen LogP) is 4.16. The van der Waals surface area contributed by atoms with Gasteiger partial charge in [-0.1, -0.05) is 19.9 Å². The lowest BCUT2D eigenvalue weighted by Crippen LogP contribution is -2.46. The average Bonchev–Trinajstić information content (AvgIpc) is 2.89. The van der Waals surface area contributed by atoms with Gasteiger partial charge in [0.25, 0.3) is 11.8 Å². The van der Waals surface area contributed by atoms with Gasteiger partial charge < -0.3 is 24.4 Å². The molecule has 0 aliphatic carbocycles. The van der Waals surface area contributed by atoms with Crippen LogP contribution < -0.4 is 14.8 Å². The molecule has 0 saturated heterocycles. The molecule has 0 unspecified atom stereocenters. The first-order valence-corrected chi connectivity index (χ1v) is 12.5. The van der Waals surface area contributed by atoms with Crippen LogP contribution in [0, 0.1) is 5.92 Å². The summed E-state index contributed by atoms with van der Waals surface area (Å²) >= 11 is 0. The molecule has 8 heteroatoms. The van der Waals surface area contributed by atoms with Crippen molar-refractivity contribution in [3.63, 3.8) is 0 Å². The van der Waals surface area contributed by atoms with Gasteiger partial charge in [0.1, 0.15) is 18.1 Å². The molecule has 0 aromatic heterocycles. The van der Waals surface area contributed by atoms with Crippen molar-refractivity contribution >= 4 is 17.5 Å². The maximum absolute atomic E-state index is 13.5. The molecule has 0 bridgehead atoms. The van der Waals surface area contributed by atoms with Gasteiger partial charge >= 0.3 is 0 Å². The standard InChI is InChI=1S/C28H39N3O5/c1-7-13-31-16-19(2)26(35-6)17-30(4)28(33)24-15-22(11-12-25(24)36-18-20(31)3)29-27(32)21-9-8-10-23(14-21)34-5/h8-12,14-15,19-20,26H,7,13,16-18H2,1-6H3,(H,29,32)/t19-,20+,26-/m1/s1. The molecular weight excluding hydrogens is 458 g/mol. The molecule has 0 spiro atoms. The van der Waals surface area contributed by atoms with E-state index in [9.17, 15) is 9.59 Å². The van der Waals surface area contributed by atoms with Gasteiger partial charge in [0.2, 0.25) is 0 Å². The highest BCUT2D eigenvalue weighted by Gasteiger charge is 2.28. The molecule has 1 aliphatic rings. The number of ether oxygens (including phenoxy) is 3. The maximum Gasteiger partial charge on any atom is 0.257 e. The molecule has 2 amide bonds. The minimum Gasteiger partial charge on any atom is -0.497 e. The highest BCUT2D eigenvalue weighted by molar-refractivity contribution is 6.05. The second kappa shape index (κ2) is 12.7. The van der Waals surface area contributed by atoms with Crippen molar-refractivity contribution in [2.75, 3.05) is 52.8 Å². The lowest BCUT2D eigenvalue weighted by Gasteiger charge is -2.35. The van der Waals surface area contributed by atoms with Crippen LogP contribution in [0.3, 0.4) is 0 Å². The Morgan fingerprint density at radius 1 is 1.14 bits per heavy atom. The number of methoxy groups -OCH3 is 2. The number of hydrogen-bond acceptors (Lipinski definition) is 6. The van der Waals surface area contributed by atoms with Crippen molar-refractivity contribution in [3.05, 3.63) is 53.6 Å². The van der Waals surface area contributed by atoms with Crippen molar-refractivity contribution in [1.82, 2.24) is 9.80 Å². The van der Waals surface area contributed by atoms with E-state index in [1.54, 1.807) is 68.6 Å². The predicted molar refractivity (Wildman–Crippen MR) is 141 cm³/mol. The summed E-state index contributed by atoms with van der Waals surface area (Å²) in [5.41, 5.74) is 1.37. The minimum atomic E-state index is -0.291. The first kappa shape index (κ1) is 27.5. The van der Waals surface area contributed by atoms with Gasteiger partial charge in [-0.3, -0.25) is 14.5 Å². The molecule has 0 saturated carbocycles. The van der Waals surface area contributed by atoms with E-state index in [2.05, 4.69) is 31.0 Å². The smallest absolute Gasteiger partial charge is 0.257 e. The van der Waals surface area contributed by atoms with Crippen LogP contribution in [0.5, 0.6) is 11.5 Å². The summed E-state index contributed by atoms with van der Waals surface area (Å²) in [6.45, 7) is 9.20. The maximum atomic E-state index is 13.5. The molecule has 196 valence electrons. The molecule has 0 radical (unpaired) electrons. The number of likely N-dealkylation sites (N-methyl/N-ethyl adjacent to an activating group) is 1. The Kier molecular flexibility index (Phi) is 9.73. The Morgan fingerprint density at radius 3 is 2.61 bits per heavy atom. The highest BCUT2D eigenvalue weighted by Crippen LogP contribution is 2.27. The third-order valence-electron chi connectivity index (χ3n) is 6.67. The van der Waals surface area contributed by atoms with Crippen LogP contribution in [0.2, 0.25) is 0 Å². The second-order valence-electron chi connectivity index (χ2n) is 9.49. The van der Waals surface area contributed by atoms with E-state index in [4.69, 9.17) is 14.2 Å². The van der Waals surface area contributed by atoms with Crippen LogP contribution in [0.15, 0.2) is 42.5 Å². The van der Waals surface area contributed by atoms with E-state index >= 15 is 0 Å². The third-order valence-corrected chi connectivity index (χ3v) is 6.67.